The van der Waals surface area contributed by atoms with Gasteiger partial charge in [-0.25, -0.2) is 4.79 Å². The Kier molecular flexibility index (Phi) is 5.40. The summed E-state index contributed by atoms with van der Waals surface area (Å²) >= 11 is 0. The summed E-state index contributed by atoms with van der Waals surface area (Å²) in [5.74, 6) is 2.63. The van der Waals surface area contributed by atoms with E-state index in [9.17, 15) is 4.79 Å². The molecule has 0 atom stereocenters. The standard InChI is InChI=1S/C29H26NO6/c1-32-24-9-8-20-22(12-17-4-6-18(7-5-17)29(31)34-3)27-21-14-26-25(35-16-36-26)13-19(21)10-11-30(27)15-23(20)28(24)33-2/h4-9,13-15H,10-12,16H2,1-3H3/q+1. The van der Waals surface area contributed by atoms with Crippen LogP contribution in [0.2, 0.25) is 0 Å². The number of aryl methyl sites for hydroxylation is 2. The molecule has 36 heavy (non-hydrogen) atoms. The van der Waals surface area contributed by atoms with Crippen molar-refractivity contribution < 1.29 is 33.0 Å². The highest BCUT2D eigenvalue weighted by Gasteiger charge is 2.32. The lowest BCUT2D eigenvalue weighted by Crippen LogP contribution is -2.41. The Balaban J connectivity index is 1.58. The third kappa shape index (κ3) is 3.50. The molecule has 2 aliphatic rings. The molecule has 0 radical (unpaired) electrons. The second-order valence-electron chi connectivity index (χ2n) is 8.89. The van der Waals surface area contributed by atoms with Crippen molar-refractivity contribution in [1.82, 2.24) is 0 Å². The zero-order valence-corrected chi connectivity index (χ0v) is 20.4. The number of carbonyl (C=O) groups is 1. The van der Waals surface area contributed by atoms with E-state index in [0.29, 0.717) is 23.5 Å². The summed E-state index contributed by atoms with van der Waals surface area (Å²) in [6.45, 7) is 1.07. The lowest BCUT2D eigenvalue weighted by molar-refractivity contribution is -0.686. The highest BCUT2D eigenvalue weighted by atomic mass is 16.7. The number of pyridine rings is 1. The van der Waals surface area contributed by atoms with E-state index in [0.717, 1.165) is 52.1 Å². The van der Waals surface area contributed by atoms with Gasteiger partial charge in [0.1, 0.15) is 0 Å². The van der Waals surface area contributed by atoms with Crippen molar-refractivity contribution in [1.29, 1.82) is 0 Å². The fraction of sp³-hybridized carbons (Fsp3) is 0.241. The predicted octanol–water partition coefficient (Wildman–Crippen LogP) is 4.47. The topological polar surface area (TPSA) is 67.1 Å². The number of hydrogen-bond acceptors (Lipinski definition) is 6. The minimum absolute atomic E-state index is 0.242. The lowest BCUT2D eigenvalue weighted by Gasteiger charge is -2.21. The average molecular weight is 485 g/mol. The molecule has 3 heterocycles. The van der Waals surface area contributed by atoms with Gasteiger partial charge in [-0.1, -0.05) is 12.1 Å². The molecule has 0 spiro atoms. The molecule has 0 unspecified atom stereocenters. The number of aromatic nitrogens is 1. The molecular formula is C29H26NO6+. The quantitative estimate of drug-likeness (QED) is 0.308. The fourth-order valence-corrected chi connectivity index (χ4v) is 5.27. The van der Waals surface area contributed by atoms with E-state index in [2.05, 4.69) is 29.0 Å². The van der Waals surface area contributed by atoms with Crippen LogP contribution in [0.15, 0.2) is 54.7 Å². The second-order valence-corrected chi connectivity index (χ2v) is 8.89. The van der Waals surface area contributed by atoms with Gasteiger partial charge in [0, 0.05) is 23.8 Å². The van der Waals surface area contributed by atoms with Crippen LogP contribution in [0.5, 0.6) is 23.0 Å². The van der Waals surface area contributed by atoms with E-state index < -0.39 is 0 Å². The molecule has 4 aromatic rings. The van der Waals surface area contributed by atoms with E-state index in [1.165, 1.54) is 18.2 Å². The van der Waals surface area contributed by atoms with Gasteiger partial charge in [-0.05, 0) is 47.5 Å². The Morgan fingerprint density at radius 2 is 1.72 bits per heavy atom. The highest BCUT2D eigenvalue weighted by molar-refractivity contribution is 5.95. The van der Waals surface area contributed by atoms with Gasteiger partial charge in [0.15, 0.2) is 35.7 Å². The van der Waals surface area contributed by atoms with Crippen molar-refractivity contribution >= 4 is 16.7 Å². The number of hydrogen-bond donors (Lipinski definition) is 0. The molecular weight excluding hydrogens is 458 g/mol. The summed E-state index contributed by atoms with van der Waals surface area (Å²) in [4.78, 5) is 11.9. The minimum Gasteiger partial charge on any atom is -0.493 e. The van der Waals surface area contributed by atoms with Gasteiger partial charge >= 0.3 is 5.97 Å². The molecule has 7 heteroatoms. The van der Waals surface area contributed by atoms with Crippen molar-refractivity contribution in [3.05, 3.63) is 77.0 Å². The summed E-state index contributed by atoms with van der Waals surface area (Å²) in [7, 11) is 4.71. The van der Waals surface area contributed by atoms with Crippen LogP contribution in [0, 0.1) is 0 Å². The highest BCUT2D eigenvalue weighted by Crippen LogP contribution is 2.44. The van der Waals surface area contributed by atoms with Crippen LogP contribution in [-0.2, 0) is 24.1 Å². The van der Waals surface area contributed by atoms with Crippen molar-refractivity contribution in [3.8, 4) is 34.3 Å². The number of nitrogens with zero attached hydrogens (tertiary/aromatic N) is 1. The molecule has 0 N–H and O–H groups in total. The Morgan fingerprint density at radius 3 is 2.44 bits per heavy atom. The Hall–Kier alpha value is -4.26. The first-order valence-electron chi connectivity index (χ1n) is 11.8. The van der Waals surface area contributed by atoms with Gasteiger partial charge in [0.05, 0.1) is 37.8 Å². The van der Waals surface area contributed by atoms with Crippen LogP contribution < -0.4 is 23.5 Å². The second kappa shape index (κ2) is 8.75. The van der Waals surface area contributed by atoms with Gasteiger partial charge in [0.25, 0.3) is 0 Å². The van der Waals surface area contributed by atoms with Crippen LogP contribution >= 0.6 is 0 Å². The number of ether oxygens (including phenoxy) is 5. The van der Waals surface area contributed by atoms with Crippen molar-refractivity contribution in [2.45, 2.75) is 19.4 Å². The predicted molar refractivity (Wildman–Crippen MR) is 133 cm³/mol. The maximum atomic E-state index is 11.9. The van der Waals surface area contributed by atoms with E-state index in [-0.39, 0.29) is 12.8 Å². The molecule has 3 aromatic carbocycles. The fourth-order valence-electron chi connectivity index (χ4n) is 5.27. The van der Waals surface area contributed by atoms with Crippen LogP contribution in [0.3, 0.4) is 0 Å². The number of rotatable bonds is 5. The third-order valence-electron chi connectivity index (χ3n) is 7.00. The summed E-state index contributed by atoms with van der Waals surface area (Å²) in [5.41, 5.74) is 6.30. The minimum atomic E-state index is -0.346. The van der Waals surface area contributed by atoms with Crippen molar-refractivity contribution in [3.63, 3.8) is 0 Å². The first-order chi connectivity index (χ1) is 17.6. The van der Waals surface area contributed by atoms with Gasteiger partial charge in [-0.3, -0.25) is 0 Å². The third-order valence-corrected chi connectivity index (χ3v) is 7.00. The Labute approximate surface area is 208 Å². The number of carbonyl (C=O) groups excluding carboxylic acids is 1. The molecule has 0 amide bonds. The zero-order valence-electron chi connectivity index (χ0n) is 20.4. The molecule has 0 aliphatic carbocycles. The normalized spacial score (nSPS) is 13.2. The zero-order chi connectivity index (χ0) is 24.8. The van der Waals surface area contributed by atoms with Crippen LogP contribution in [0.1, 0.15) is 27.0 Å². The summed E-state index contributed by atoms with van der Waals surface area (Å²) in [5, 5.41) is 2.08. The van der Waals surface area contributed by atoms with Gasteiger partial charge in [-0.15, -0.1) is 0 Å². The first kappa shape index (κ1) is 22.2. The van der Waals surface area contributed by atoms with E-state index in [1.54, 1.807) is 14.2 Å². The van der Waals surface area contributed by atoms with Crippen LogP contribution in [0.25, 0.3) is 22.0 Å². The monoisotopic (exact) mass is 484 g/mol. The van der Waals surface area contributed by atoms with Crippen LogP contribution in [-0.4, -0.2) is 34.1 Å². The largest absolute Gasteiger partial charge is 0.493 e. The van der Waals surface area contributed by atoms with Gasteiger partial charge < -0.3 is 23.7 Å². The van der Waals surface area contributed by atoms with E-state index in [4.69, 9.17) is 23.7 Å². The molecule has 1 aromatic heterocycles. The summed E-state index contributed by atoms with van der Waals surface area (Å²) < 4.78 is 29.9. The Bertz CT molecular complexity index is 1510. The van der Waals surface area contributed by atoms with Crippen molar-refractivity contribution in [2.75, 3.05) is 28.1 Å². The maximum Gasteiger partial charge on any atom is 0.337 e. The Morgan fingerprint density at radius 1 is 0.944 bits per heavy atom. The number of methoxy groups -OCH3 is 3. The lowest BCUT2D eigenvalue weighted by atomic mass is 9.88. The molecule has 0 fully saturated rings. The van der Waals surface area contributed by atoms with Gasteiger partial charge in [-0.2, -0.15) is 4.57 Å². The number of esters is 1. The number of benzene rings is 3. The number of fused-ring (bicyclic) bond motifs is 5. The SMILES string of the molecule is COC(=O)c1ccc(Cc2c3[n+](cc4c(OC)c(OC)ccc24)CCc2cc4c(cc2-3)OCO4)cc1. The molecule has 6 rings (SSSR count). The van der Waals surface area contributed by atoms with Crippen molar-refractivity contribution in [2.24, 2.45) is 0 Å². The van der Waals surface area contributed by atoms with E-state index >= 15 is 0 Å². The maximum absolute atomic E-state index is 11.9. The first-order valence-corrected chi connectivity index (χ1v) is 11.8. The summed E-state index contributed by atoms with van der Waals surface area (Å²) in [6.07, 6.45) is 3.70. The average Bonchev–Trinajstić information content (AvgIpc) is 3.38. The molecule has 0 saturated carbocycles. The molecule has 0 bridgehead atoms. The molecule has 182 valence electrons. The summed E-state index contributed by atoms with van der Waals surface area (Å²) in [6, 6.07) is 15.8. The smallest absolute Gasteiger partial charge is 0.337 e. The van der Waals surface area contributed by atoms with E-state index in [1.807, 2.05) is 30.3 Å². The molecule has 7 nitrogen and oxygen atoms in total. The van der Waals surface area contributed by atoms with Crippen LogP contribution in [0.4, 0.5) is 0 Å². The van der Waals surface area contributed by atoms with Gasteiger partial charge in [0.2, 0.25) is 12.5 Å². The molecule has 0 saturated heterocycles. The molecule has 2 aliphatic heterocycles.